The Balaban J connectivity index is 2.38. The molecule has 3 heteroatoms. The number of ether oxygens (including phenoxy) is 1. The molecular weight excluding hydrogens is 214 g/mol. The molecule has 0 saturated carbocycles. The number of allylic oxidation sites excluding steroid dienone is 1. The van der Waals surface area contributed by atoms with Gasteiger partial charge < -0.3 is 9.64 Å². The van der Waals surface area contributed by atoms with Gasteiger partial charge in [0, 0.05) is 7.05 Å². The van der Waals surface area contributed by atoms with E-state index in [1.807, 2.05) is 38.1 Å². The average molecular weight is 233 g/mol. The number of para-hydroxylation sites is 1. The van der Waals surface area contributed by atoms with E-state index in [0.29, 0.717) is 13.2 Å². The minimum Gasteiger partial charge on any atom is -0.491 e. The summed E-state index contributed by atoms with van der Waals surface area (Å²) in [6.07, 6.45) is 3.29. The fourth-order valence-corrected chi connectivity index (χ4v) is 1.39. The first-order valence-corrected chi connectivity index (χ1v) is 5.71. The maximum absolute atomic E-state index is 11.4. The molecule has 0 aliphatic carbocycles. The Morgan fingerprint density at radius 1 is 1.41 bits per heavy atom. The number of hydrogen-bond donors (Lipinski definition) is 0. The lowest BCUT2D eigenvalue weighted by molar-refractivity contribution is -0.125. The van der Waals surface area contributed by atoms with Crippen LogP contribution in [-0.4, -0.2) is 31.0 Å². The number of carbonyl (C=O) groups excluding carboxylic acids is 1. The third-order valence-corrected chi connectivity index (χ3v) is 2.46. The van der Waals surface area contributed by atoms with E-state index in [1.54, 1.807) is 24.1 Å². The molecule has 0 aliphatic rings. The van der Waals surface area contributed by atoms with Crippen molar-refractivity contribution in [2.45, 2.75) is 13.8 Å². The first-order chi connectivity index (χ1) is 8.15. The Bertz CT molecular complexity index is 399. The molecule has 0 spiro atoms. The third-order valence-electron chi connectivity index (χ3n) is 2.46. The monoisotopic (exact) mass is 233 g/mol. The van der Waals surface area contributed by atoms with Crippen LogP contribution in [0.4, 0.5) is 0 Å². The molecule has 0 heterocycles. The number of carbonyl (C=O) groups is 1. The maximum Gasteiger partial charge on any atom is 0.246 e. The van der Waals surface area contributed by atoms with Gasteiger partial charge >= 0.3 is 0 Å². The fourth-order valence-electron chi connectivity index (χ4n) is 1.39. The number of likely N-dealkylation sites (N-methyl/N-ethyl adjacent to an activating group) is 1. The van der Waals surface area contributed by atoms with Gasteiger partial charge in [-0.2, -0.15) is 0 Å². The number of rotatable bonds is 5. The predicted molar refractivity (Wildman–Crippen MR) is 69.1 cm³/mol. The molecule has 1 amide bonds. The highest BCUT2D eigenvalue weighted by molar-refractivity contribution is 5.87. The van der Waals surface area contributed by atoms with Gasteiger partial charge in [-0.1, -0.05) is 24.3 Å². The molecule has 0 N–H and O–H groups in total. The molecule has 92 valence electrons. The van der Waals surface area contributed by atoms with Crippen LogP contribution in [0.2, 0.25) is 0 Å². The van der Waals surface area contributed by atoms with E-state index in [-0.39, 0.29) is 5.91 Å². The highest BCUT2D eigenvalue weighted by atomic mass is 16.5. The smallest absolute Gasteiger partial charge is 0.246 e. The van der Waals surface area contributed by atoms with Gasteiger partial charge in [0.2, 0.25) is 5.91 Å². The topological polar surface area (TPSA) is 29.5 Å². The van der Waals surface area contributed by atoms with Crippen molar-refractivity contribution < 1.29 is 9.53 Å². The van der Waals surface area contributed by atoms with Crippen LogP contribution in [0.25, 0.3) is 0 Å². The van der Waals surface area contributed by atoms with E-state index < -0.39 is 0 Å². The Morgan fingerprint density at radius 2 is 2.12 bits per heavy atom. The second-order valence-corrected chi connectivity index (χ2v) is 3.87. The van der Waals surface area contributed by atoms with E-state index in [9.17, 15) is 4.79 Å². The van der Waals surface area contributed by atoms with Gasteiger partial charge in [-0.05, 0) is 31.6 Å². The van der Waals surface area contributed by atoms with E-state index in [1.165, 1.54) is 0 Å². The summed E-state index contributed by atoms with van der Waals surface area (Å²) in [6.45, 7) is 4.92. The van der Waals surface area contributed by atoms with E-state index in [2.05, 4.69) is 0 Å². The lowest BCUT2D eigenvalue weighted by Gasteiger charge is -2.16. The number of aryl methyl sites for hydroxylation is 1. The number of amides is 1. The van der Waals surface area contributed by atoms with Crippen molar-refractivity contribution in [3.63, 3.8) is 0 Å². The summed E-state index contributed by atoms with van der Waals surface area (Å²) in [5.74, 6) is 0.875. The third kappa shape index (κ3) is 4.31. The van der Waals surface area contributed by atoms with Gasteiger partial charge in [-0.25, -0.2) is 0 Å². The summed E-state index contributed by atoms with van der Waals surface area (Å²) in [6, 6.07) is 7.86. The first-order valence-electron chi connectivity index (χ1n) is 5.71. The summed E-state index contributed by atoms with van der Waals surface area (Å²) in [5.41, 5.74) is 1.11. The van der Waals surface area contributed by atoms with Crippen molar-refractivity contribution >= 4 is 5.91 Å². The largest absolute Gasteiger partial charge is 0.491 e. The summed E-state index contributed by atoms with van der Waals surface area (Å²) in [7, 11) is 1.77. The van der Waals surface area contributed by atoms with Gasteiger partial charge in [0.1, 0.15) is 12.4 Å². The molecule has 17 heavy (non-hydrogen) atoms. The zero-order valence-electron chi connectivity index (χ0n) is 10.6. The summed E-state index contributed by atoms with van der Waals surface area (Å²) in [5, 5.41) is 0. The van der Waals surface area contributed by atoms with Crippen LogP contribution < -0.4 is 4.74 Å². The molecule has 3 nitrogen and oxygen atoms in total. The molecular formula is C14H19NO2. The van der Waals surface area contributed by atoms with Gasteiger partial charge in [0.25, 0.3) is 0 Å². The second-order valence-electron chi connectivity index (χ2n) is 3.87. The van der Waals surface area contributed by atoms with Crippen LogP contribution >= 0.6 is 0 Å². The van der Waals surface area contributed by atoms with Crippen LogP contribution in [0.5, 0.6) is 5.75 Å². The Labute approximate surface area is 103 Å². The van der Waals surface area contributed by atoms with Crippen molar-refractivity contribution in [1.82, 2.24) is 4.90 Å². The summed E-state index contributed by atoms with van der Waals surface area (Å²) >= 11 is 0. The molecule has 0 atom stereocenters. The minimum absolute atomic E-state index is 0.000818. The minimum atomic E-state index is 0.000818. The van der Waals surface area contributed by atoms with Gasteiger partial charge in [0.15, 0.2) is 0 Å². The van der Waals surface area contributed by atoms with Crippen molar-refractivity contribution in [1.29, 1.82) is 0 Å². The number of nitrogens with zero attached hydrogens (tertiary/aromatic N) is 1. The molecule has 0 saturated heterocycles. The zero-order valence-corrected chi connectivity index (χ0v) is 10.6. The Kier molecular flexibility index (Phi) is 5.27. The van der Waals surface area contributed by atoms with Crippen LogP contribution in [0.15, 0.2) is 36.4 Å². The molecule has 0 aliphatic heterocycles. The molecule has 0 radical (unpaired) electrons. The van der Waals surface area contributed by atoms with E-state index in [0.717, 1.165) is 11.3 Å². The van der Waals surface area contributed by atoms with Crippen molar-refractivity contribution in [3.8, 4) is 5.75 Å². The summed E-state index contributed by atoms with van der Waals surface area (Å²) in [4.78, 5) is 13.1. The van der Waals surface area contributed by atoms with Crippen LogP contribution in [0, 0.1) is 6.92 Å². The SMILES string of the molecule is CC=CC(=O)N(C)CCOc1ccccc1C. The van der Waals surface area contributed by atoms with Gasteiger partial charge in [-0.3, -0.25) is 4.79 Å². The molecule has 0 aromatic heterocycles. The van der Waals surface area contributed by atoms with E-state index in [4.69, 9.17) is 4.74 Å². The molecule has 1 aromatic carbocycles. The quantitative estimate of drug-likeness (QED) is 0.731. The van der Waals surface area contributed by atoms with Crippen molar-refractivity contribution in [3.05, 3.63) is 42.0 Å². The Morgan fingerprint density at radius 3 is 2.76 bits per heavy atom. The maximum atomic E-state index is 11.4. The van der Waals surface area contributed by atoms with Gasteiger partial charge in [0.05, 0.1) is 6.54 Å². The normalized spacial score (nSPS) is 10.5. The molecule has 0 bridgehead atoms. The second kappa shape index (κ2) is 6.74. The number of benzene rings is 1. The molecule has 0 fully saturated rings. The zero-order chi connectivity index (χ0) is 12.7. The fraction of sp³-hybridized carbons (Fsp3) is 0.357. The summed E-state index contributed by atoms with van der Waals surface area (Å²) < 4.78 is 5.62. The lowest BCUT2D eigenvalue weighted by atomic mass is 10.2. The van der Waals surface area contributed by atoms with Crippen LogP contribution in [-0.2, 0) is 4.79 Å². The molecule has 0 unspecified atom stereocenters. The molecule has 1 aromatic rings. The number of hydrogen-bond acceptors (Lipinski definition) is 2. The first kappa shape index (κ1) is 13.3. The van der Waals surface area contributed by atoms with Crippen molar-refractivity contribution in [2.24, 2.45) is 0 Å². The average Bonchev–Trinajstić information content (AvgIpc) is 2.31. The standard InChI is InChI=1S/C14H19NO2/c1-4-7-14(16)15(3)10-11-17-13-9-6-5-8-12(13)2/h4-9H,10-11H2,1-3H3. The van der Waals surface area contributed by atoms with Gasteiger partial charge in [-0.15, -0.1) is 0 Å². The van der Waals surface area contributed by atoms with E-state index >= 15 is 0 Å². The molecule has 1 rings (SSSR count). The Hall–Kier alpha value is -1.77. The lowest BCUT2D eigenvalue weighted by Crippen LogP contribution is -2.29. The highest BCUT2D eigenvalue weighted by Crippen LogP contribution is 2.15. The van der Waals surface area contributed by atoms with Crippen LogP contribution in [0.3, 0.4) is 0 Å². The van der Waals surface area contributed by atoms with Crippen LogP contribution in [0.1, 0.15) is 12.5 Å². The predicted octanol–water partition coefficient (Wildman–Crippen LogP) is 2.41. The highest BCUT2D eigenvalue weighted by Gasteiger charge is 2.04. The van der Waals surface area contributed by atoms with Crippen molar-refractivity contribution in [2.75, 3.05) is 20.2 Å².